The first-order valence-electron chi connectivity index (χ1n) is 2.55. The third-order valence-electron chi connectivity index (χ3n) is 0.707. The van der Waals surface area contributed by atoms with E-state index in [9.17, 15) is 0 Å². The summed E-state index contributed by atoms with van der Waals surface area (Å²) in [6.45, 7) is 6.54. The SMILES string of the molecule is C[B]CC(C)C. The van der Waals surface area contributed by atoms with Crippen LogP contribution in [0.15, 0.2) is 0 Å². The highest BCUT2D eigenvalue weighted by Gasteiger charge is 1.87. The van der Waals surface area contributed by atoms with Crippen LogP contribution in [0.1, 0.15) is 13.8 Å². The molecule has 0 aromatic rings. The van der Waals surface area contributed by atoms with Gasteiger partial charge in [-0.05, 0) is 0 Å². The molecule has 0 aliphatic carbocycles. The molecule has 0 aromatic carbocycles. The fraction of sp³-hybridized carbons (Fsp3) is 1.00. The van der Waals surface area contributed by atoms with Gasteiger partial charge in [-0.3, -0.25) is 0 Å². The highest BCUT2D eigenvalue weighted by Crippen LogP contribution is 1.96. The molecule has 0 unspecified atom stereocenters. The molecular formula is C5H12B. The standard InChI is InChI=1S/C5H12B/c1-5(2)4-6-3/h5H,4H2,1-3H3. The van der Waals surface area contributed by atoms with Gasteiger partial charge in [0, 0.05) is 0 Å². The van der Waals surface area contributed by atoms with Crippen LogP contribution >= 0.6 is 0 Å². The predicted molar refractivity (Wildman–Crippen MR) is 31.3 cm³/mol. The normalized spacial score (nSPS) is 9.33. The molecule has 0 bridgehead atoms. The van der Waals surface area contributed by atoms with Gasteiger partial charge in [-0.1, -0.05) is 32.9 Å². The maximum atomic E-state index is 2.22. The van der Waals surface area contributed by atoms with Crippen molar-refractivity contribution in [3.63, 3.8) is 0 Å². The van der Waals surface area contributed by atoms with E-state index in [1.165, 1.54) is 6.32 Å². The van der Waals surface area contributed by atoms with Crippen molar-refractivity contribution in [1.29, 1.82) is 0 Å². The van der Waals surface area contributed by atoms with Crippen LogP contribution in [-0.4, -0.2) is 7.28 Å². The summed E-state index contributed by atoms with van der Waals surface area (Å²) in [5, 5.41) is 0. The minimum atomic E-state index is 0.843. The molecular weight excluding hydrogens is 70.9 g/mol. The summed E-state index contributed by atoms with van der Waals surface area (Å²) in [4.78, 5) is 0. The minimum Gasteiger partial charge on any atom is -0.0920 e. The van der Waals surface area contributed by atoms with Crippen molar-refractivity contribution in [3.05, 3.63) is 0 Å². The van der Waals surface area contributed by atoms with E-state index in [0.717, 1.165) is 5.92 Å². The molecule has 0 saturated heterocycles. The van der Waals surface area contributed by atoms with Crippen molar-refractivity contribution in [1.82, 2.24) is 0 Å². The van der Waals surface area contributed by atoms with Gasteiger partial charge in [-0.25, -0.2) is 0 Å². The van der Waals surface area contributed by atoms with Gasteiger partial charge in [0.25, 0.3) is 0 Å². The summed E-state index contributed by atoms with van der Waals surface area (Å²) in [5.74, 6) is 0.843. The fourth-order valence-electron chi connectivity index (χ4n) is 0.471. The molecule has 1 radical (unpaired) electrons. The summed E-state index contributed by atoms with van der Waals surface area (Å²) in [7, 11) is 2.20. The van der Waals surface area contributed by atoms with Gasteiger partial charge in [0.15, 0.2) is 0 Å². The molecule has 0 atom stereocenters. The highest BCUT2D eigenvalue weighted by molar-refractivity contribution is 6.33. The third kappa shape index (κ3) is 4.06. The quantitative estimate of drug-likeness (QED) is 0.446. The lowest BCUT2D eigenvalue weighted by atomic mass is 9.73. The van der Waals surface area contributed by atoms with Gasteiger partial charge in [-0.15, -0.1) is 0 Å². The Labute approximate surface area is 41.2 Å². The Hall–Kier alpha value is 0.0649. The van der Waals surface area contributed by atoms with Crippen LogP contribution in [0.3, 0.4) is 0 Å². The highest BCUT2D eigenvalue weighted by atomic mass is 13.8. The largest absolute Gasteiger partial charge is 0.106 e. The van der Waals surface area contributed by atoms with Crippen LogP contribution < -0.4 is 0 Å². The summed E-state index contributed by atoms with van der Waals surface area (Å²) in [6, 6.07) is 0. The molecule has 0 rings (SSSR count). The Bertz CT molecular complexity index is 25.1. The molecule has 0 aromatic heterocycles. The van der Waals surface area contributed by atoms with E-state index >= 15 is 0 Å². The van der Waals surface area contributed by atoms with Crippen molar-refractivity contribution < 1.29 is 0 Å². The van der Waals surface area contributed by atoms with Gasteiger partial charge in [0.2, 0.25) is 0 Å². The van der Waals surface area contributed by atoms with Gasteiger partial charge >= 0.3 is 0 Å². The molecule has 0 heterocycles. The average Bonchev–Trinajstić information content (AvgIpc) is 1.35. The molecule has 0 amide bonds. The van der Waals surface area contributed by atoms with E-state index in [1.54, 1.807) is 0 Å². The van der Waals surface area contributed by atoms with Gasteiger partial charge in [0.1, 0.15) is 7.28 Å². The molecule has 0 saturated carbocycles. The summed E-state index contributed by atoms with van der Waals surface area (Å²) in [6.07, 6.45) is 1.25. The first-order chi connectivity index (χ1) is 2.77. The molecule has 0 nitrogen and oxygen atoms in total. The van der Waals surface area contributed by atoms with Crippen molar-refractivity contribution >= 4 is 7.28 Å². The average molecular weight is 83.0 g/mol. The van der Waals surface area contributed by atoms with E-state index in [0.29, 0.717) is 0 Å². The van der Waals surface area contributed by atoms with Gasteiger partial charge in [-0.2, -0.15) is 0 Å². The molecule has 0 N–H and O–H groups in total. The molecule has 0 spiro atoms. The van der Waals surface area contributed by atoms with Gasteiger partial charge in [0.05, 0.1) is 0 Å². The zero-order chi connectivity index (χ0) is 4.99. The summed E-state index contributed by atoms with van der Waals surface area (Å²) < 4.78 is 0. The van der Waals surface area contributed by atoms with Crippen LogP contribution in [0.4, 0.5) is 0 Å². The second-order valence-corrected chi connectivity index (χ2v) is 2.04. The fourth-order valence-corrected chi connectivity index (χ4v) is 0.471. The topological polar surface area (TPSA) is 0 Å². The lowest BCUT2D eigenvalue weighted by Gasteiger charge is -1.94. The van der Waals surface area contributed by atoms with E-state index in [1.807, 2.05) is 0 Å². The molecule has 0 aliphatic rings. The van der Waals surface area contributed by atoms with Gasteiger partial charge < -0.3 is 0 Å². The Morgan fingerprint density at radius 2 is 2.00 bits per heavy atom. The lowest BCUT2D eigenvalue weighted by molar-refractivity contribution is 0.731. The number of hydrogen-bond acceptors (Lipinski definition) is 0. The Balaban J connectivity index is 2.63. The van der Waals surface area contributed by atoms with Crippen LogP contribution in [0.5, 0.6) is 0 Å². The Kier molecular flexibility index (Phi) is 3.30. The third-order valence-corrected chi connectivity index (χ3v) is 0.707. The molecule has 6 heavy (non-hydrogen) atoms. The molecule has 35 valence electrons. The van der Waals surface area contributed by atoms with E-state index in [4.69, 9.17) is 0 Å². The lowest BCUT2D eigenvalue weighted by Crippen LogP contribution is -1.88. The number of hydrogen-bond donors (Lipinski definition) is 0. The van der Waals surface area contributed by atoms with Crippen LogP contribution in [0, 0.1) is 5.92 Å². The predicted octanol–water partition coefficient (Wildman–Crippen LogP) is 1.81. The minimum absolute atomic E-state index is 0.843. The van der Waals surface area contributed by atoms with E-state index in [-0.39, 0.29) is 0 Å². The summed E-state index contributed by atoms with van der Waals surface area (Å²) in [5.41, 5.74) is 0. The molecule has 1 heteroatoms. The second kappa shape index (κ2) is 3.26. The van der Waals surface area contributed by atoms with Crippen molar-refractivity contribution in [2.75, 3.05) is 0 Å². The maximum Gasteiger partial charge on any atom is 0.106 e. The van der Waals surface area contributed by atoms with E-state index < -0.39 is 0 Å². The molecule has 0 aliphatic heterocycles. The first kappa shape index (κ1) is 6.06. The zero-order valence-corrected chi connectivity index (χ0v) is 4.86. The summed E-state index contributed by atoms with van der Waals surface area (Å²) >= 11 is 0. The molecule has 0 fully saturated rings. The van der Waals surface area contributed by atoms with Crippen molar-refractivity contribution in [2.24, 2.45) is 5.92 Å². The smallest absolute Gasteiger partial charge is 0.0920 e. The van der Waals surface area contributed by atoms with Crippen molar-refractivity contribution in [3.8, 4) is 0 Å². The second-order valence-electron chi connectivity index (χ2n) is 2.04. The number of rotatable bonds is 2. The maximum absolute atomic E-state index is 2.22. The first-order valence-corrected chi connectivity index (χ1v) is 2.55. The monoisotopic (exact) mass is 83.1 g/mol. The Morgan fingerprint density at radius 3 is 2.00 bits per heavy atom. The van der Waals surface area contributed by atoms with Crippen LogP contribution in [-0.2, 0) is 0 Å². The van der Waals surface area contributed by atoms with Crippen LogP contribution in [0.25, 0.3) is 0 Å². The van der Waals surface area contributed by atoms with Crippen LogP contribution in [0.2, 0.25) is 13.1 Å². The Morgan fingerprint density at radius 1 is 1.50 bits per heavy atom. The zero-order valence-electron chi connectivity index (χ0n) is 4.86. The van der Waals surface area contributed by atoms with Crippen molar-refractivity contribution in [2.45, 2.75) is 27.0 Å². The van der Waals surface area contributed by atoms with E-state index in [2.05, 4.69) is 28.0 Å².